The van der Waals surface area contributed by atoms with Crippen LogP contribution in [-0.4, -0.2) is 38.7 Å². The van der Waals surface area contributed by atoms with E-state index in [-0.39, 0.29) is 11.9 Å². The van der Waals surface area contributed by atoms with Gasteiger partial charge in [-0.2, -0.15) is 0 Å². The molecule has 164 valence electrons. The van der Waals surface area contributed by atoms with Crippen LogP contribution in [0.15, 0.2) is 42.5 Å². The van der Waals surface area contributed by atoms with Gasteiger partial charge in [0.15, 0.2) is 11.5 Å². The summed E-state index contributed by atoms with van der Waals surface area (Å²) in [6.07, 6.45) is 0.781. The Hall–Kier alpha value is -3.47. The predicted octanol–water partition coefficient (Wildman–Crippen LogP) is 5.10. The number of methoxy groups -OCH3 is 3. The molecule has 0 saturated carbocycles. The Morgan fingerprint density at radius 3 is 2.28 bits per heavy atom. The van der Waals surface area contributed by atoms with Crippen LogP contribution in [0.4, 0.5) is 0 Å². The van der Waals surface area contributed by atoms with Gasteiger partial charge in [0.2, 0.25) is 5.75 Å². The van der Waals surface area contributed by atoms with Gasteiger partial charge in [-0.05, 0) is 65.8 Å². The van der Waals surface area contributed by atoms with E-state index >= 15 is 0 Å². The second-order valence-electron chi connectivity index (χ2n) is 8.44. The SMILES string of the molecule is COc1cc2c(c(OC)c1OC)C1c3ccccc3C(=O)N1CCc1cc(C)c(C)cc1-2. The van der Waals surface area contributed by atoms with Gasteiger partial charge >= 0.3 is 0 Å². The fraction of sp³-hybridized carbons (Fsp3) is 0.296. The molecule has 5 nitrogen and oxygen atoms in total. The molecule has 0 aliphatic carbocycles. The van der Waals surface area contributed by atoms with Crippen molar-refractivity contribution in [1.82, 2.24) is 4.90 Å². The zero-order valence-electron chi connectivity index (χ0n) is 19.1. The number of nitrogens with zero attached hydrogens (tertiary/aromatic N) is 1. The highest BCUT2D eigenvalue weighted by Gasteiger charge is 2.42. The maximum atomic E-state index is 13.4. The molecule has 0 N–H and O–H groups in total. The number of benzene rings is 3. The Bertz CT molecular complexity index is 1250. The standard InChI is InChI=1S/C27H27NO4/c1-15-12-17-10-11-28-24(18-8-6-7-9-19(18)27(28)29)23-21(20(17)13-16(15)2)14-22(30-3)25(31-4)26(23)32-5/h6-9,12-14,24H,10-11H2,1-5H3. The molecule has 2 heterocycles. The van der Waals surface area contributed by atoms with Crippen molar-refractivity contribution in [2.45, 2.75) is 26.3 Å². The lowest BCUT2D eigenvalue weighted by atomic mass is 9.84. The van der Waals surface area contributed by atoms with E-state index in [0.717, 1.165) is 34.2 Å². The number of ether oxygens (including phenoxy) is 3. The lowest BCUT2D eigenvalue weighted by molar-refractivity contribution is 0.0749. The topological polar surface area (TPSA) is 48.0 Å². The van der Waals surface area contributed by atoms with Crippen LogP contribution in [0.3, 0.4) is 0 Å². The summed E-state index contributed by atoms with van der Waals surface area (Å²) in [6.45, 7) is 4.89. The summed E-state index contributed by atoms with van der Waals surface area (Å²) in [5.41, 5.74) is 8.53. The van der Waals surface area contributed by atoms with Crippen LogP contribution in [-0.2, 0) is 6.42 Å². The Kier molecular flexibility index (Phi) is 4.85. The summed E-state index contributed by atoms with van der Waals surface area (Å²) in [5, 5.41) is 0. The minimum absolute atomic E-state index is 0.0562. The maximum absolute atomic E-state index is 13.4. The number of carbonyl (C=O) groups excluding carboxylic acids is 1. The molecule has 1 atom stereocenters. The molecule has 0 aromatic heterocycles. The summed E-state index contributed by atoms with van der Waals surface area (Å²) < 4.78 is 17.4. The molecule has 0 saturated heterocycles. The zero-order valence-corrected chi connectivity index (χ0v) is 19.1. The van der Waals surface area contributed by atoms with Crippen molar-refractivity contribution in [2.24, 2.45) is 0 Å². The van der Waals surface area contributed by atoms with Gasteiger partial charge in [0.1, 0.15) is 0 Å². The van der Waals surface area contributed by atoms with E-state index in [9.17, 15) is 4.79 Å². The summed E-state index contributed by atoms with van der Waals surface area (Å²) >= 11 is 0. The fourth-order valence-electron chi connectivity index (χ4n) is 5.16. The third-order valence-corrected chi connectivity index (χ3v) is 6.83. The number of aryl methyl sites for hydroxylation is 2. The normalized spacial score (nSPS) is 16.3. The first-order chi connectivity index (χ1) is 15.5. The molecule has 3 aromatic rings. The smallest absolute Gasteiger partial charge is 0.255 e. The summed E-state index contributed by atoms with van der Waals surface area (Å²) in [7, 11) is 4.89. The molecule has 1 unspecified atom stereocenters. The first-order valence-electron chi connectivity index (χ1n) is 10.8. The van der Waals surface area contributed by atoms with Gasteiger partial charge in [0, 0.05) is 17.7 Å². The highest BCUT2D eigenvalue weighted by Crippen LogP contribution is 2.54. The number of carbonyl (C=O) groups is 1. The predicted molar refractivity (Wildman–Crippen MR) is 124 cm³/mol. The van der Waals surface area contributed by atoms with Gasteiger partial charge in [-0.25, -0.2) is 0 Å². The van der Waals surface area contributed by atoms with Crippen LogP contribution >= 0.6 is 0 Å². The van der Waals surface area contributed by atoms with Gasteiger partial charge in [-0.1, -0.05) is 30.3 Å². The van der Waals surface area contributed by atoms with Crippen molar-refractivity contribution >= 4 is 5.91 Å². The van der Waals surface area contributed by atoms with Crippen molar-refractivity contribution < 1.29 is 19.0 Å². The van der Waals surface area contributed by atoms with E-state index < -0.39 is 0 Å². The minimum Gasteiger partial charge on any atom is -0.493 e. The van der Waals surface area contributed by atoms with Gasteiger partial charge in [0.25, 0.3) is 5.91 Å². The highest BCUT2D eigenvalue weighted by atomic mass is 16.5. The number of hydrogen-bond acceptors (Lipinski definition) is 4. The lowest BCUT2D eigenvalue weighted by Crippen LogP contribution is -2.32. The van der Waals surface area contributed by atoms with Crippen molar-refractivity contribution in [3.8, 4) is 28.4 Å². The quantitative estimate of drug-likeness (QED) is 0.581. The van der Waals surface area contributed by atoms with Crippen molar-refractivity contribution in [3.63, 3.8) is 0 Å². The second kappa shape index (κ2) is 7.59. The number of fused-ring (bicyclic) bond motifs is 7. The molecule has 5 heteroatoms. The molecule has 3 aromatic carbocycles. The van der Waals surface area contributed by atoms with Crippen LogP contribution in [0.1, 0.15) is 44.2 Å². The van der Waals surface area contributed by atoms with E-state index in [4.69, 9.17) is 14.2 Å². The zero-order chi connectivity index (χ0) is 22.6. The van der Waals surface area contributed by atoms with E-state index in [1.54, 1.807) is 21.3 Å². The highest BCUT2D eigenvalue weighted by molar-refractivity contribution is 6.00. The van der Waals surface area contributed by atoms with Gasteiger partial charge < -0.3 is 19.1 Å². The maximum Gasteiger partial charge on any atom is 0.255 e. The Morgan fingerprint density at radius 2 is 1.56 bits per heavy atom. The monoisotopic (exact) mass is 429 g/mol. The summed E-state index contributed by atoms with van der Waals surface area (Å²) in [5.74, 6) is 1.81. The van der Waals surface area contributed by atoms with Crippen LogP contribution in [0.2, 0.25) is 0 Å². The molecule has 2 aliphatic rings. The van der Waals surface area contributed by atoms with E-state index in [2.05, 4.69) is 26.0 Å². The Labute approximate surface area is 188 Å². The van der Waals surface area contributed by atoms with E-state index in [0.29, 0.717) is 23.8 Å². The summed E-state index contributed by atoms with van der Waals surface area (Å²) in [6, 6.07) is 14.1. The Morgan fingerprint density at radius 1 is 0.844 bits per heavy atom. The third kappa shape index (κ3) is 2.80. The largest absolute Gasteiger partial charge is 0.493 e. The van der Waals surface area contributed by atoms with E-state index in [1.165, 1.54) is 16.7 Å². The van der Waals surface area contributed by atoms with Crippen LogP contribution < -0.4 is 14.2 Å². The van der Waals surface area contributed by atoms with Crippen molar-refractivity contribution in [3.05, 3.63) is 75.8 Å². The van der Waals surface area contributed by atoms with Gasteiger partial charge in [0.05, 0.1) is 27.4 Å². The molecule has 2 aliphatic heterocycles. The minimum atomic E-state index is -0.252. The molecule has 5 rings (SSSR count). The van der Waals surface area contributed by atoms with Crippen LogP contribution in [0.25, 0.3) is 11.1 Å². The van der Waals surface area contributed by atoms with Crippen molar-refractivity contribution in [2.75, 3.05) is 27.9 Å². The average Bonchev–Trinajstić information content (AvgIpc) is 3.08. The molecule has 0 bridgehead atoms. The van der Waals surface area contributed by atoms with Gasteiger partial charge in [-0.15, -0.1) is 0 Å². The molecular weight excluding hydrogens is 402 g/mol. The Balaban J connectivity index is 1.92. The van der Waals surface area contributed by atoms with E-state index in [1.807, 2.05) is 35.2 Å². The number of rotatable bonds is 3. The first-order valence-corrected chi connectivity index (χ1v) is 10.8. The average molecular weight is 430 g/mol. The van der Waals surface area contributed by atoms with Crippen LogP contribution in [0, 0.1) is 13.8 Å². The molecule has 0 spiro atoms. The third-order valence-electron chi connectivity index (χ3n) is 6.83. The lowest BCUT2D eigenvalue weighted by Gasteiger charge is -2.33. The van der Waals surface area contributed by atoms with Gasteiger partial charge in [-0.3, -0.25) is 4.79 Å². The number of amides is 1. The molecule has 1 amide bonds. The summed E-state index contributed by atoms with van der Waals surface area (Å²) in [4.78, 5) is 15.4. The molecule has 0 radical (unpaired) electrons. The molecule has 0 fully saturated rings. The molecule has 32 heavy (non-hydrogen) atoms. The molecular formula is C27H27NO4. The van der Waals surface area contributed by atoms with Crippen LogP contribution in [0.5, 0.6) is 17.2 Å². The second-order valence-corrected chi connectivity index (χ2v) is 8.44. The number of hydrogen-bond donors (Lipinski definition) is 0. The first kappa shape index (κ1) is 20.4. The fourth-order valence-corrected chi connectivity index (χ4v) is 5.16. The van der Waals surface area contributed by atoms with Crippen molar-refractivity contribution in [1.29, 1.82) is 0 Å².